The Balaban J connectivity index is 3.74. The van der Waals surface area contributed by atoms with Crippen LogP contribution < -0.4 is 10.6 Å². The first-order valence-electron chi connectivity index (χ1n) is 3.70. The van der Waals surface area contributed by atoms with E-state index in [0.717, 1.165) is 0 Å². The number of carboxylic acid groups (broad SMARTS) is 1. The molecule has 74 valence electrons. The Morgan fingerprint density at radius 1 is 1.38 bits per heavy atom. The lowest BCUT2D eigenvalue weighted by Gasteiger charge is -2.08. The summed E-state index contributed by atoms with van der Waals surface area (Å²) >= 11 is 0. The summed E-state index contributed by atoms with van der Waals surface area (Å²) < 4.78 is 0. The van der Waals surface area contributed by atoms with Crippen molar-refractivity contribution >= 4 is 17.8 Å². The van der Waals surface area contributed by atoms with Crippen LogP contribution in [-0.4, -0.2) is 35.5 Å². The lowest BCUT2D eigenvalue weighted by Crippen LogP contribution is -2.43. The van der Waals surface area contributed by atoms with Crippen LogP contribution >= 0.6 is 0 Å². The van der Waals surface area contributed by atoms with E-state index < -0.39 is 17.9 Å². The number of carbonyl (C=O) groups excluding carboxylic acids is 2. The van der Waals surface area contributed by atoms with Crippen LogP contribution in [0.1, 0.15) is 13.8 Å². The number of aliphatic carboxylic acids is 1. The maximum absolute atomic E-state index is 10.9. The van der Waals surface area contributed by atoms with Gasteiger partial charge in [-0.25, -0.2) is 0 Å². The van der Waals surface area contributed by atoms with Crippen molar-refractivity contribution in [2.75, 3.05) is 6.54 Å². The highest BCUT2D eigenvalue weighted by molar-refractivity contribution is 5.87. The zero-order valence-corrected chi connectivity index (χ0v) is 7.46. The molecule has 0 saturated carbocycles. The molecule has 0 spiro atoms. The molecule has 0 aromatic carbocycles. The second kappa shape index (κ2) is 5.13. The van der Waals surface area contributed by atoms with Gasteiger partial charge >= 0.3 is 5.97 Å². The summed E-state index contributed by atoms with van der Waals surface area (Å²) in [5, 5.41) is 12.8. The number of nitrogens with one attached hydrogen (secondary N) is 2. The normalized spacial score (nSPS) is 11.5. The smallest absolute Gasteiger partial charge is 0.325 e. The van der Waals surface area contributed by atoms with Crippen molar-refractivity contribution in [1.82, 2.24) is 10.6 Å². The average molecular weight is 188 g/mol. The van der Waals surface area contributed by atoms with E-state index in [4.69, 9.17) is 5.11 Å². The van der Waals surface area contributed by atoms with E-state index in [1.54, 1.807) is 0 Å². The number of rotatable bonds is 4. The molecule has 1 atom stereocenters. The fourth-order valence-corrected chi connectivity index (χ4v) is 0.559. The molecule has 3 N–H and O–H groups in total. The van der Waals surface area contributed by atoms with Crippen LogP contribution in [0.5, 0.6) is 0 Å². The quantitative estimate of drug-likeness (QED) is 0.511. The third-order valence-corrected chi connectivity index (χ3v) is 1.25. The van der Waals surface area contributed by atoms with E-state index in [-0.39, 0.29) is 12.5 Å². The van der Waals surface area contributed by atoms with Crippen molar-refractivity contribution in [3.63, 3.8) is 0 Å². The van der Waals surface area contributed by atoms with Crippen molar-refractivity contribution < 1.29 is 19.5 Å². The highest BCUT2D eigenvalue weighted by Crippen LogP contribution is 1.79. The number of carboxylic acids is 1. The maximum atomic E-state index is 10.9. The number of carbonyl (C=O) groups is 3. The summed E-state index contributed by atoms with van der Waals surface area (Å²) in [6.45, 7) is 2.41. The summed E-state index contributed by atoms with van der Waals surface area (Å²) in [5.74, 6) is -1.97. The number of amides is 2. The molecule has 13 heavy (non-hydrogen) atoms. The van der Waals surface area contributed by atoms with Gasteiger partial charge in [0.1, 0.15) is 6.04 Å². The molecule has 0 unspecified atom stereocenters. The van der Waals surface area contributed by atoms with E-state index in [0.29, 0.717) is 0 Å². The minimum absolute atomic E-state index is 0.201. The van der Waals surface area contributed by atoms with Crippen molar-refractivity contribution in [3.8, 4) is 0 Å². The third-order valence-electron chi connectivity index (χ3n) is 1.25. The summed E-state index contributed by atoms with van der Waals surface area (Å²) in [6, 6.07) is -0.943. The Labute approximate surface area is 75.3 Å². The highest BCUT2D eigenvalue weighted by Gasteiger charge is 2.13. The van der Waals surface area contributed by atoms with Crippen LogP contribution in [0.3, 0.4) is 0 Å². The zero-order valence-electron chi connectivity index (χ0n) is 7.46. The summed E-state index contributed by atoms with van der Waals surface area (Å²) in [4.78, 5) is 31.5. The van der Waals surface area contributed by atoms with Gasteiger partial charge in [-0.2, -0.15) is 0 Å². The van der Waals surface area contributed by atoms with Crippen LogP contribution in [-0.2, 0) is 14.4 Å². The summed E-state index contributed by atoms with van der Waals surface area (Å²) in [5.41, 5.74) is 0. The van der Waals surface area contributed by atoms with E-state index >= 15 is 0 Å². The van der Waals surface area contributed by atoms with Gasteiger partial charge in [-0.1, -0.05) is 0 Å². The molecule has 0 fully saturated rings. The Morgan fingerprint density at radius 2 is 1.92 bits per heavy atom. The van der Waals surface area contributed by atoms with E-state index in [9.17, 15) is 14.4 Å². The fourth-order valence-electron chi connectivity index (χ4n) is 0.559. The standard InChI is InChI=1S/C7H12N2O4/c1-4(7(12)13)9-6(11)3-8-5(2)10/h4H,3H2,1-2H3,(H,8,10)(H,9,11)(H,12,13)/t4-/m1/s1. The molecule has 6 heteroatoms. The van der Waals surface area contributed by atoms with Gasteiger partial charge in [0.2, 0.25) is 11.8 Å². The van der Waals surface area contributed by atoms with Crippen LogP contribution in [0.2, 0.25) is 0 Å². The lowest BCUT2D eigenvalue weighted by molar-refractivity contribution is -0.141. The van der Waals surface area contributed by atoms with Gasteiger partial charge in [-0.15, -0.1) is 0 Å². The molecular formula is C7H12N2O4. The molecule has 0 heterocycles. The SMILES string of the molecule is CC(=O)NCC(=O)N[C@H](C)C(=O)O. The third kappa shape index (κ3) is 5.66. The van der Waals surface area contributed by atoms with E-state index in [2.05, 4.69) is 10.6 Å². The number of hydrogen-bond donors (Lipinski definition) is 3. The monoisotopic (exact) mass is 188 g/mol. The van der Waals surface area contributed by atoms with E-state index in [1.165, 1.54) is 13.8 Å². The molecule has 6 nitrogen and oxygen atoms in total. The second-order valence-electron chi connectivity index (χ2n) is 2.54. The van der Waals surface area contributed by atoms with Crippen LogP contribution in [0.4, 0.5) is 0 Å². The van der Waals surface area contributed by atoms with Gasteiger partial charge in [0, 0.05) is 6.92 Å². The van der Waals surface area contributed by atoms with Crippen LogP contribution in [0.25, 0.3) is 0 Å². The molecule has 0 aliphatic heterocycles. The first-order valence-corrected chi connectivity index (χ1v) is 3.70. The second-order valence-corrected chi connectivity index (χ2v) is 2.54. The van der Waals surface area contributed by atoms with Gasteiger partial charge in [-0.05, 0) is 6.92 Å². The van der Waals surface area contributed by atoms with Gasteiger partial charge in [-0.3, -0.25) is 14.4 Å². The van der Waals surface area contributed by atoms with Crippen molar-refractivity contribution in [1.29, 1.82) is 0 Å². The first-order chi connectivity index (χ1) is 5.93. The van der Waals surface area contributed by atoms with Crippen molar-refractivity contribution in [3.05, 3.63) is 0 Å². The van der Waals surface area contributed by atoms with Gasteiger partial charge in [0.25, 0.3) is 0 Å². The molecule has 0 rings (SSSR count). The van der Waals surface area contributed by atoms with Gasteiger partial charge in [0.15, 0.2) is 0 Å². The minimum atomic E-state index is -1.11. The molecule has 0 aliphatic rings. The van der Waals surface area contributed by atoms with E-state index in [1.807, 2.05) is 0 Å². The molecule has 0 bridgehead atoms. The molecular weight excluding hydrogens is 176 g/mol. The average Bonchev–Trinajstić information content (AvgIpc) is 2.00. The van der Waals surface area contributed by atoms with Crippen LogP contribution in [0, 0.1) is 0 Å². The largest absolute Gasteiger partial charge is 0.480 e. The topological polar surface area (TPSA) is 95.5 Å². The molecule has 0 saturated heterocycles. The Bertz CT molecular complexity index is 227. The summed E-state index contributed by atoms with van der Waals surface area (Å²) in [7, 11) is 0. The predicted octanol–water partition coefficient (Wildman–Crippen LogP) is -1.29. The first kappa shape index (κ1) is 11.4. The molecule has 2 amide bonds. The molecule has 0 aromatic rings. The lowest BCUT2D eigenvalue weighted by atomic mass is 10.3. The fraction of sp³-hybridized carbons (Fsp3) is 0.571. The Kier molecular flexibility index (Phi) is 4.50. The van der Waals surface area contributed by atoms with Gasteiger partial charge < -0.3 is 15.7 Å². The maximum Gasteiger partial charge on any atom is 0.325 e. The zero-order chi connectivity index (χ0) is 10.4. The molecule has 0 aromatic heterocycles. The van der Waals surface area contributed by atoms with Crippen molar-refractivity contribution in [2.45, 2.75) is 19.9 Å². The number of hydrogen-bond acceptors (Lipinski definition) is 3. The Morgan fingerprint density at radius 3 is 2.31 bits per heavy atom. The van der Waals surface area contributed by atoms with Crippen LogP contribution in [0.15, 0.2) is 0 Å². The molecule has 0 radical (unpaired) electrons. The predicted molar refractivity (Wildman–Crippen MR) is 43.9 cm³/mol. The summed E-state index contributed by atoms with van der Waals surface area (Å²) in [6.07, 6.45) is 0. The molecule has 0 aliphatic carbocycles. The van der Waals surface area contributed by atoms with Gasteiger partial charge in [0.05, 0.1) is 6.54 Å². The Hall–Kier alpha value is -1.59. The highest BCUT2D eigenvalue weighted by atomic mass is 16.4. The van der Waals surface area contributed by atoms with Crippen molar-refractivity contribution in [2.24, 2.45) is 0 Å². The minimum Gasteiger partial charge on any atom is -0.480 e.